The van der Waals surface area contributed by atoms with Gasteiger partial charge >= 0.3 is 0 Å². The van der Waals surface area contributed by atoms with E-state index in [4.69, 9.17) is 0 Å². The van der Waals surface area contributed by atoms with Gasteiger partial charge in [-0.25, -0.2) is 4.98 Å². The molecule has 2 heterocycles. The molecule has 0 bridgehead atoms. The molecule has 1 aliphatic heterocycles. The van der Waals surface area contributed by atoms with Crippen molar-refractivity contribution >= 4 is 23.2 Å². The van der Waals surface area contributed by atoms with Crippen molar-refractivity contribution in [3.8, 4) is 10.4 Å². The highest BCUT2D eigenvalue weighted by Crippen LogP contribution is 2.28. The van der Waals surface area contributed by atoms with Crippen molar-refractivity contribution in [2.75, 3.05) is 6.54 Å². The molecular weight excluding hydrogens is 420 g/mol. The van der Waals surface area contributed by atoms with Gasteiger partial charge in [0.25, 0.3) is 0 Å². The third-order valence-electron chi connectivity index (χ3n) is 5.88. The fourth-order valence-corrected chi connectivity index (χ4v) is 4.97. The summed E-state index contributed by atoms with van der Waals surface area (Å²) in [6, 6.07) is 7.68. The smallest absolute Gasteiger partial charge is 0.243 e. The molecule has 2 aromatic rings. The predicted octanol–water partition coefficient (Wildman–Crippen LogP) is 4.14. The highest BCUT2D eigenvalue weighted by molar-refractivity contribution is 7.13. The summed E-state index contributed by atoms with van der Waals surface area (Å²) < 4.78 is 0. The van der Waals surface area contributed by atoms with E-state index in [2.05, 4.69) is 48.5 Å². The molecule has 0 radical (unpaired) electrons. The Morgan fingerprint density at radius 2 is 1.91 bits per heavy atom. The Hall–Kier alpha value is -2.25. The Morgan fingerprint density at radius 1 is 1.22 bits per heavy atom. The van der Waals surface area contributed by atoms with Crippen molar-refractivity contribution in [2.45, 2.75) is 79.1 Å². The van der Waals surface area contributed by atoms with Crippen molar-refractivity contribution in [2.24, 2.45) is 5.41 Å². The molecule has 2 amide bonds. The van der Waals surface area contributed by atoms with E-state index in [0.717, 1.165) is 23.2 Å². The van der Waals surface area contributed by atoms with E-state index in [1.165, 1.54) is 4.88 Å². The third kappa shape index (κ3) is 5.75. The van der Waals surface area contributed by atoms with Gasteiger partial charge in [-0.1, -0.05) is 58.9 Å². The fraction of sp³-hybridized carbons (Fsp3) is 0.560. The fourth-order valence-electron chi connectivity index (χ4n) is 4.15. The first-order valence-electron chi connectivity index (χ1n) is 11.4. The SMILES string of the molecule is Cc1ncsc1-c1ccc(CNC(=O)[C@H]2CCCN2C(=O)[C@H](NC(C)C)C(C)(C)C)cc1. The van der Waals surface area contributed by atoms with Crippen molar-refractivity contribution < 1.29 is 9.59 Å². The highest BCUT2D eigenvalue weighted by atomic mass is 32.1. The molecule has 174 valence electrons. The number of hydrogen-bond acceptors (Lipinski definition) is 5. The van der Waals surface area contributed by atoms with Crippen LogP contribution in [0, 0.1) is 12.3 Å². The van der Waals surface area contributed by atoms with Crippen LogP contribution in [0.5, 0.6) is 0 Å². The molecule has 0 unspecified atom stereocenters. The molecule has 1 aromatic carbocycles. The number of aryl methyl sites for hydroxylation is 1. The van der Waals surface area contributed by atoms with Crippen LogP contribution >= 0.6 is 11.3 Å². The van der Waals surface area contributed by atoms with Crippen molar-refractivity contribution in [3.05, 3.63) is 41.0 Å². The van der Waals surface area contributed by atoms with E-state index >= 15 is 0 Å². The van der Waals surface area contributed by atoms with E-state index in [1.54, 1.807) is 16.2 Å². The van der Waals surface area contributed by atoms with Gasteiger partial charge in [-0.2, -0.15) is 0 Å². The standard InChI is InChI=1S/C25H36N4O2S/c1-16(2)28-22(25(4,5)6)24(31)29-13-7-8-20(29)23(30)26-14-18-9-11-19(12-10-18)21-17(3)27-15-32-21/h9-12,15-16,20,22,28H,7-8,13-14H2,1-6H3,(H,26,30)/t20-,22+/m1/s1. The summed E-state index contributed by atoms with van der Waals surface area (Å²) in [5.74, 6) is -0.0523. The van der Waals surface area contributed by atoms with Crippen molar-refractivity contribution in [3.63, 3.8) is 0 Å². The summed E-state index contributed by atoms with van der Waals surface area (Å²) in [6.45, 7) is 13.4. The summed E-state index contributed by atoms with van der Waals surface area (Å²) >= 11 is 1.63. The summed E-state index contributed by atoms with van der Waals surface area (Å²) in [5.41, 5.74) is 4.83. The highest BCUT2D eigenvalue weighted by Gasteiger charge is 2.41. The zero-order valence-electron chi connectivity index (χ0n) is 20.1. The first-order valence-corrected chi connectivity index (χ1v) is 12.3. The van der Waals surface area contributed by atoms with E-state index in [-0.39, 0.29) is 29.3 Å². The second kappa shape index (κ2) is 10.1. The maximum absolute atomic E-state index is 13.4. The number of hydrogen-bond donors (Lipinski definition) is 2. The minimum absolute atomic E-state index is 0.0214. The quantitative estimate of drug-likeness (QED) is 0.657. The molecule has 2 atom stereocenters. The number of nitrogens with zero attached hydrogens (tertiary/aromatic N) is 2. The Balaban J connectivity index is 1.63. The monoisotopic (exact) mass is 456 g/mol. The molecule has 0 aliphatic carbocycles. The second-order valence-corrected chi connectivity index (χ2v) is 10.8. The molecule has 1 saturated heterocycles. The number of nitrogens with one attached hydrogen (secondary N) is 2. The van der Waals surface area contributed by atoms with E-state index < -0.39 is 6.04 Å². The van der Waals surface area contributed by atoms with Gasteiger partial charge in [-0.05, 0) is 36.3 Å². The van der Waals surface area contributed by atoms with Crippen LogP contribution in [0.3, 0.4) is 0 Å². The zero-order chi connectivity index (χ0) is 23.5. The first kappa shape index (κ1) is 24.4. The number of amides is 2. The maximum atomic E-state index is 13.4. The lowest BCUT2D eigenvalue weighted by atomic mass is 9.85. The summed E-state index contributed by atoms with van der Waals surface area (Å²) in [7, 11) is 0. The van der Waals surface area contributed by atoms with Gasteiger partial charge in [0.2, 0.25) is 11.8 Å². The second-order valence-electron chi connectivity index (χ2n) is 9.99. The molecule has 7 heteroatoms. The molecule has 0 spiro atoms. The van der Waals surface area contributed by atoms with Crippen LogP contribution in [0.1, 0.15) is 58.7 Å². The number of thiazole rings is 1. The minimum atomic E-state index is -0.402. The number of aromatic nitrogens is 1. The van der Waals surface area contributed by atoms with Gasteiger partial charge in [0.1, 0.15) is 6.04 Å². The van der Waals surface area contributed by atoms with Crippen LogP contribution in [0.15, 0.2) is 29.8 Å². The first-order chi connectivity index (χ1) is 15.1. The maximum Gasteiger partial charge on any atom is 0.243 e. The number of likely N-dealkylation sites (tertiary alicyclic amines) is 1. The Morgan fingerprint density at radius 3 is 2.47 bits per heavy atom. The van der Waals surface area contributed by atoms with Gasteiger partial charge in [0.05, 0.1) is 22.1 Å². The molecular formula is C25H36N4O2S. The number of carbonyl (C=O) groups excluding carboxylic acids is 2. The average Bonchev–Trinajstić information content (AvgIpc) is 3.38. The van der Waals surface area contributed by atoms with E-state index in [1.807, 2.05) is 38.4 Å². The van der Waals surface area contributed by atoms with Crippen LogP contribution in [0.4, 0.5) is 0 Å². The molecule has 2 N–H and O–H groups in total. The summed E-state index contributed by atoms with van der Waals surface area (Å²) in [5, 5.41) is 6.45. The summed E-state index contributed by atoms with van der Waals surface area (Å²) in [4.78, 5) is 33.6. The lowest BCUT2D eigenvalue weighted by Gasteiger charge is -2.36. The van der Waals surface area contributed by atoms with Crippen LogP contribution in [-0.4, -0.2) is 46.4 Å². The lowest BCUT2D eigenvalue weighted by molar-refractivity contribution is -0.142. The normalized spacial score (nSPS) is 17.6. The number of rotatable bonds is 7. The molecule has 1 aliphatic rings. The molecule has 32 heavy (non-hydrogen) atoms. The average molecular weight is 457 g/mol. The van der Waals surface area contributed by atoms with Crippen LogP contribution in [0.2, 0.25) is 0 Å². The molecule has 3 rings (SSSR count). The van der Waals surface area contributed by atoms with Gasteiger partial charge < -0.3 is 15.5 Å². The summed E-state index contributed by atoms with van der Waals surface area (Å²) in [6.07, 6.45) is 1.56. The lowest BCUT2D eigenvalue weighted by Crippen LogP contribution is -2.57. The molecule has 1 aromatic heterocycles. The van der Waals surface area contributed by atoms with Crippen molar-refractivity contribution in [1.29, 1.82) is 0 Å². The van der Waals surface area contributed by atoms with E-state index in [0.29, 0.717) is 19.5 Å². The zero-order valence-corrected chi connectivity index (χ0v) is 20.9. The van der Waals surface area contributed by atoms with Crippen molar-refractivity contribution in [1.82, 2.24) is 20.5 Å². The van der Waals surface area contributed by atoms with Crippen LogP contribution in [-0.2, 0) is 16.1 Å². The van der Waals surface area contributed by atoms with Gasteiger partial charge in [-0.15, -0.1) is 11.3 Å². The topological polar surface area (TPSA) is 74.3 Å². The minimum Gasteiger partial charge on any atom is -0.350 e. The Bertz CT molecular complexity index is 930. The third-order valence-corrected chi connectivity index (χ3v) is 6.86. The molecule has 6 nitrogen and oxygen atoms in total. The molecule has 1 fully saturated rings. The van der Waals surface area contributed by atoms with Gasteiger partial charge in [0, 0.05) is 19.1 Å². The van der Waals surface area contributed by atoms with Crippen LogP contribution < -0.4 is 10.6 Å². The largest absolute Gasteiger partial charge is 0.350 e. The Kier molecular flexibility index (Phi) is 7.72. The predicted molar refractivity (Wildman–Crippen MR) is 130 cm³/mol. The van der Waals surface area contributed by atoms with Crippen LogP contribution in [0.25, 0.3) is 10.4 Å². The van der Waals surface area contributed by atoms with E-state index in [9.17, 15) is 9.59 Å². The van der Waals surface area contributed by atoms with Gasteiger partial charge in [0.15, 0.2) is 0 Å². The number of benzene rings is 1. The number of carbonyl (C=O) groups is 2. The van der Waals surface area contributed by atoms with Gasteiger partial charge in [-0.3, -0.25) is 9.59 Å². The molecule has 0 saturated carbocycles. The Labute approximate surface area is 195 Å².